The molecule has 3 heterocycles. The summed E-state index contributed by atoms with van der Waals surface area (Å²) in [4.78, 5) is 13.4. The zero-order valence-corrected chi connectivity index (χ0v) is 53.2. The molecule has 17 atom stereocenters. The number of ether oxygens (including phenoxy) is 6. The van der Waals surface area contributed by atoms with Crippen molar-refractivity contribution in [1.29, 1.82) is 0 Å². The van der Waals surface area contributed by atoms with Gasteiger partial charge in [0.1, 0.15) is 73.2 Å². The fourth-order valence-electron chi connectivity index (χ4n) is 11.3. The van der Waals surface area contributed by atoms with Gasteiger partial charge in [0.15, 0.2) is 18.9 Å². The summed E-state index contributed by atoms with van der Waals surface area (Å²) in [6.45, 7) is 1.68. The van der Waals surface area contributed by atoms with E-state index in [9.17, 15) is 61.0 Å². The monoisotopic (exact) mass is 1240 g/mol. The molecule has 3 saturated heterocycles. The number of nitrogens with one attached hydrogen (secondary N) is 1. The first-order valence-corrected chi connectivity index (χ1v) is 34.0. The fraction of sp³-hybridized carbons (Fsp3) is 0.838. The highest BCUT2D eigenvalue weighted by atomic mass is 16.8. The van der Waals surface area contributed by atoms with Crippen molar-refractivity contribution < 1.29 is 89.4 Å². The first-order chi connectivity index (χ1) is 42.3. The van der Waals surface area contributed by atoms with Gasteiger partial charge in [-0.3, -0.25) is 4.79 Å². The Morgan fingerprint density at radius 3 is 1.24 bits per heavy atom. The second-order valence-electron chi connectivity index (χ2n) is 24.3. The summed E-state index contributed by atoms with van der Waals surface area (Å²) in [7, 11) is 0. The van der Waals surface area contributed by atoms with Crippen LogP contribution < -0.4 is 5.32 Å². The maximum absolute atomic E-state index is 13.4. The molecule has 0 bridgehead atoms. The summed E-state index contributed by atoms with van der Waals surface area (Å²) in [5, 5.41) is 120. The molecule has 0 spiro atoms. The summed E-state index contributed by atoms with van der Waals surface area (Å²) in [6, 6.07) is -0.889. The molecule has 12 N–H and O–H groups in total. The van der Waals surface area contributed by atoms with Crippen LogP contribution in [0.15, 0.2) is 60.8 Å². The van der Waals surface area contributed by atoms with Crippen LogP contribution in [-0.4, -0.2) is 193 Å². The number of rotatable bonds is 51. The zero-order valence-electron chi connectivity index (χ0n) is 53.2. The zero-order chi connectivity index (χ0) is 63.3. The minimum atomic E-state index is -1.97. The molecule has 19 nitrogen and oxygen atoms in total. The highest BCUT2D eigenvalue weighted by Gasteiger charge is 2.53. The number of hydrogen-bond donors (Lipinski definition) is 12. The Bertz CT molecular complexity index is 1820. The van der Waals surface area contributed by atoms with Crippen LogP contribution in [0.1, 0.15) is 232 Å². The van der Waals surface area contributed by atoms with E-state index < -0.39 is 124 Å². The highest BCUT2D eigenvalue weighted by molar-refractivity contribution is 5.76. The van der Waals surface area contributed by atoms with E-state index in [-0.39, 0.29) is 18.9 Å². The summed E-state index contributed by atoms with van der Waals surface area (Å²) in [5.74, 6) is -0.246. The van der Waals surface area contributed by atoms with Gasteiger partial charge in [-0.1, -0.05) is 229 Å². The number of aliphatic hydroxyl groups is 11. The summed E-state index contributed by atoms with van der Waals surface area (Å²) >= 11 is 0. The van der Waals surface area contributed by atoms with E-state index in [1.165, 1.54) is 116 Å². The molecule has 3 fully saturated rings. The molecule has 0 aromatic rings. The Kier molecular flexibility index (Phi) is 45.3. The van der Waals surface area contributed by atoms with Crippen molar-refractivity contribution in [3.8, 4) is 0 Å². The smallest absolute Gasteiger partial charge is 0.220 e. The number of aliphatic hydroxyl groups excluding tert-OH is 11. The molecule has 0 saturated carbocycles. The lowest BCUT2D eigenvalue weighted by atomic mass is 9.96. The summed E-state index contributed by atoms with van der Waals surface area (Å²) in [6.07, 6.45) is 33.0. The van der Waals surface area contributed by atoms with Gasteiger partial charge in [0.25, 0.3) is 0 Å². The van der Waals surface area contributed by atoms with Gasteiger partial charge >= 0.3 is 0 Å². The topological polar surface area (TPSA) is 307 Å². The molecule has 3 aliphatic heterocycles. The van der Waals surface area contributed by atoms with E-state index in [0.29, 0.717) is 12.8 Å². The number of amides is 1. The largest absolute Gasteiger partial charge is 0.394 e. The van der Waals surface area contributed by atoms with Gasteiger partial charge < -0.3 is 89.9 Å². The van der Waals surface area contributed by atoms with Crippen LogP contribution in [0.4, 0.5) is 0 Å². The third kappa shape index (κ3) is 32.6. The van der Waals surface area contributed by atoms with Gasteiger partial charge in [0, 0.05) is 6.42 Å². The van der Waals surface area contributed by atoms with Crippen molar-refractivity contribution in [1.82, 2.24) is 5.32 Å². The Labute approximate surface area is 522 Å². The Hall–Kier alpha value is -2.51. The molecular weight excluding hydrogens is 1120 g/mol. The van der Waals surface area contributed by atoms with Crippen molar-refractivity contribution in [3.63, 3.8) is 0 Å². The highest BCUT2D eigenvalue weighted by Crippen LogP contribution is 2.33. The van der Waals surface area contributed by atoms with Crippen LogP contribution in [0, 0.1) is 0 Å². The number of carbonyl (C=O) groups is 1. The standard InChI is InChI=1S/C68H121NO18/c1-3-5-7-9-11-13-15-17-18-19-20-21-22-23-24-25-26-27-28-29-30-31-32-34-36-38-40-42-44-46-56(74)69-51(52(73)45-43-41-39-37-35-33-16-14-12-10-8-6-4-2)50-82-66-62(80)59(77)64(54(48-71)84-66)87-68-63(81)60(78)65(55(49-72)85-68)86-67-61(79)58(76)57(75)53(47-70)83-67/h5,7,11,13,17-18,20-21,23-24,51-55,57-68,70-73,75-81H,3-4,6,8-10,12,14-16,19,22,25-50H2,1-2H3,(H,69,74)/b7-5-,13-11-,18-17-,21-20-,24-23-. The summed E-state index contributed by atoms with van der Waals surface area (Å²) in [5.41, 5.74) is 0. The average Bonchev–Trinajstić information content (AvgIpc) is 1.69. The minimum Gasteiger partial charge on any atom is -0.394 e. The van der Waals surface area contributed by atoms with Crippen molar-refractivity contribution in [2.75, 3.05) is 26.4 Å². The molecule has 506 valence electrons. The van der Waals surface area contributed by atoms with E-state index in [2.05, 4.69) is 79.9 Å². The Balaban J connectivity index is 1.39. The predicted octanol–water partition coefficient (Wildman–Crippen LogP) is 8.38. The van der Waals surface area contributed by atoms with Gasteiger partial charge in [-0.25, -0.2) is 0 Å². The van der Waals surface area contributed by atoms with Gasteiger partial charge in [0.05, 0.1) is 38.6 Å². The normalized spacial score (nSPS) is 29.0. The van der Waals surface area contributed by atoms with Crippen molar-refractivity contribution >= 4 is 5.91 Å². The second-order valence-corrected chi connectivity index (χ2v) is 24.3. The number of carbonyl (C=O) groups excluding carboxylic acids is 1. The van der Waals surface area contributed by atoms with Crippen LogP contribution in [0.3, 0.4) is 0 Å². The second kappa shape index (κ2) is 50.1. The SMILES string of the molecule is CC/C=C\C/C=C\C/C=C\C/C=C\C/C=C\CCCCCCCCCCCCCCCC(=O)NC(COC1OC(CO)C(OC2OC(CO)C(OC3OC(CO)C(O)C(O)C3O)C(O)C2O)C(O)C1O)C(O)CCCCCCCCCCCCCCC. The van der Waals surface area contributed by atoms with Crippen LogP contribution in [-0.2, 0) is 33.2 Å². The van der Waals surface area contributed by atoms with Crippen molar-refractivity contribution in [2.24, 2.45) is 0 Å². The minimum absolute atomic E-state index is 0.246. The van der Waals surface area contributed by atoms with E-state index >= 15 is 0 Å². The molecular formula is C68H121NO18. The maximum atomic E-state index is 13.4. The quantitative estimate of drug-likeness (QED) is 0.0201. The molecule has 0 aromatic carbocycles. The van der Waals surface area contributed by atoms with E-state index in [1.807, 2.05) is 0 Å². The van der Waals surface area contributed by atoms with Crippen molar-refractivity contribution in [2.45, 2.75) is 336 Å². The molecule has 3 aliphatic rings. The van der Waals surface area contributed by atoms with E-state index in [1.54, 1.807) is 0 Å². The average molecular weight is 1240 g/mol. The van der Waals surface area contributed by atoms with E-state index in [4.69, 9.17) is 28.4 Å². The van der Waals surface area contributed by atoms with Crippen molar-refractivity contribution in [3.05, 3.63) is 60.8 Å². The lowest BCUT2D eigenvalue weighted by Crippen LogP contribution is -2.66. The predicted molar refractivity (Wildman–Crippen MR) is 337 cm³/mol. The lowest BCUT2D eigenvalue weighted by Gasteiger charge is -2.48. The lowest BCUT2D eigenvalue weighted by molar-refractivity contribution is -0.379. The van der Waals surface area contributed by atoms with Crippen LogP contribution in [0.2, 0.25) is 0 Å². The summed E-state index contributed by atoms with van der Waals surface area (Å²) < 4.78 is 34.4. The molecule has 0 radical (unpaired) electrons. The van der Waals surface area contributed by atoms with Gasteiger partial charge in [-0.15, -0.1) is 0 Å². The van der Waals surface area contributed by atoms with Gasteiger partial charge in [-0.05, 0) is 57.8 Å². The third-order valence-corrected chi connectivity index (χ3v) is 16.9. The molecule has 0 aromatic heterocycles. The molecule has 0 aliphatic carbocycles. The Morgan fingerprint density at radius 2 is 0.793 bits per heavy atom. The Morgan fingerprint density at radius 1 is 0.425 bits per heavy atom. The first kappa shape index (κ1) is 78.7. The first-order valence-electron chi connectivity index (χ1n) is 34.0. The molecule has 87 heavy (non-hydrogen) atoms. The number of unbranched alkanes of at least 4 members (excludes halogenated alkanes) is 25. The molecule has 19 heteroatoms. The molecule has 3 rings (SSSR count). The van der Waals surface area contributed by atoms with Crippen LogP contribution in [0.25, 0.3) is 0 Å². The molecule has 17 unspecified atom stereocenters. The van der Waals surface area contributed by atoms with E-state index in [0.717, 1.165) is 83.5 Å². The fourth-order valence-corrected chi connectivity index (χ4v) is 11.3. The third-order valence-electron chi connectivity index (χ3n) is 16.9. The number of allylic oxidation sites excluding steroid dienone is 10. The maximum Gasteiger partial charge on any atom is 0.220 e. The molecule has 1 amide bonds. The van der Waals surface area contributed by atoms with Crippen LogP contribution in [0.5, 0.6) is 0 Å². The van der Waals surface area contributed by atoms with Crippen LogP contribution >= 0.6 is 0 Å². The van der Waals surface area contributed by atoms with Gasteiger partial charge in [0.2, 0.25) is 5.91 Å². The number of hydrogen-bond acceptors (Lipinski definition) is 18. The van der Waals surface area contributed by atoms with Gasteiger partial charge in [-0.2, -0.15) is 0 Å².